The highest BCUT2D eigenvalue weighted by atomic mass is 32.1. The van der Waals surface area contributed by atoms with Crippen LogP contribution in [0.4, 0.5) is 5.69 Å². The van der Waals surface area contributed by atoms with Crippen molar-refractivity contribution < 1.29 is 20.2 Å². The minimum absolute atomic E-state index is 0. The number of ketones is 1. The number of carboxylic acid groups (broad SMARTS) is 1. The summed E-state index contributed by atoms with van der Waals surface area (Å²) in [5.74, 6) is -1.78. The number of nitrogens with one attached hydrogen (secondary N) is 3. The summed E-state index contributed by atoms with van der Waals surface area (Å²) in [5, 5.41) is 11.8. The molecule has 0 bridgehead atoms. The number of carbonyl (C=O) groups is 2. The monoisotopic (exact) mass is 285 g/mol. The molecule has 1 atom stereocenters. The smallest absolute Gasteiger partial charge is 0.330 e. The lowest BCUT2D eigenvalue weighted by atomic mass is 10.2. The van der Waals surface area contributed by atoms with E-state index in [1.165, 1.54) is 6.92 Å². The Labute approximate surface area is 115 Å². The lowest BCUT2D eigenvalue weighted by Crippen LogP contribution is -2.52. The molecule has 0 fully saturated rings. The molecule has 0 aliphatic heterocycles. The highest BCUT2D eigenvalue weighted by Gasteiger charge is 2.21. The number of benzene rings is 1. The highest BCUT2D eigenvalue weighted by molar-refractivity contribution is 7.80. The standard InChI is InChI=1S/C11H13N3O3S.H2O/c1-7(15)9(10(16)17)13-14-11(18)12-8-5-3-2-4-6-8;/h2-6,9,13H,1H3,(H,16,17)(H2,12,14,18);1H2. The lowest BCUT2D eigenvalue weighted by Gasteiger charge is -2.15. The van der Waals surface area contributed by atoms with Gasteiger partial charge in [-0.1, -0.05) is 18.2 Å². The van der Waals surface area contributed by atoms with Gasteiger partial charge >= 0.3 is 5.97 Å². The molecule has 0 saturated heterocycles. The van der Waals surface area contributed by atoms with Crippen LogP contribution < -0.4 is 16.2 Å². The van der Waals surface area contributed by atoms with Crippen LogP contribution in [0, 0.1) is 0 Å². The molecule has 0 aliphatic rings. The van der Waals surface area contributed by atoms with Crippen LogP contribution in [-0.4, -0.2) is 33.5 Å². The van der Waals surface area contributed by atoms with Crippen molar-refractivity contribution in [3.63, 3.8) is 0 Å². The average molecular weight is 285 g/mol. The molecule has 104 valence electrons. The number of hydrazine groups is 1. The van der Waals surface area contributed by atoms with Gasteiger partial charge in [0.15, 0.2) is 16.9 Å². The molecule has 0 amide bonds. The second-order valence-electron chi connectivity index (χ2n) is 3.47. The van der Waals surface area contributed by atoms with E-state index in [2.05, 4.69) is 16.2 Å². The summed E-state index contributed by atoms with van der Waals surface area (Å²) in [7, 11) is 0. The summed E-state index contributed by atoms with van der Waals surface area (Å²) < 4.78 is 0. The normalized spacial score (nSPS) is 10.8. The summed E-state index contributed by atoms with van der Waals surface area (Å²) >= 11 is 4.94. The topological polar surface area (TPSA) is 122 Å². The fourth-order valence-corrected chi connectivity index (χ4v) is 1.34. The van der Waals surface area contributed by atoms with E-state index < -0.39 is 17.8 Å². The Morgan fingerprint density at radius 1 is 1.26 bits per heavy atom. The summed E-state index contributed by atoms with van der Waals surface area (Å²) in [4.78, 5) is 21.7. The minimum Gasteiger partial charge on any atom is -0.480 e. The largest absolute Gasteiger partial charge is 0.480 e. The Morgan fingerprint density at radius 3 is 2.32 bits per heavy atom. The lowest BCUT2D eigenvalue weighted by molar-refractivity contribution is -0.143. The fraction of sp³-hybridized carbons (Fsp3) is 0.182. The Balaban J connectivity index is 0.00000324. The molecule has 0 aromatic heterocycles. The molecular formula is C11H15N3O4S. The van der Waals surface area contributed by atoms with Crippen molar-refractivity contribution in [3.05, 3.63) is 30.3 Å². The van der Waals surface area contributed by atoms with Gasteiger partial charge < -0.3 is 15.9 Å². The molecule has 0 radical (unpaired) electrons. The van der Waals surface area contributed by atoms with Gasteiger partial charge in [0, 0.05) is 5.69 Å². The predicted octanol–water partition coefficient (Wildman–Crippen LogP) is -0.305. The summed E-state index contributed by atoms with van der Waals surface area (Å²) in [6.07, 6.45) is 0. The molecule has 6 N–H and O–H groups in total. The zero-order valence-corrected chi connectivity index (χ0v) is 11.0. The van der Waals surface area contributed by atoms with Gasteiger partial charge in [-0.2, -0.15) is 0 Å². The predicted molar refractivity (Wildman–Crippen MR) is 74.7 cm³/mol. The number of anilines is 1. The van der Waals surface area contributed by atoms with Gasteiger partial charge in [-0.15, -0.1) is 0 Å². The number of hydrogen-bond acceptors (Lipinski definition) is 4. The van der Waals surface area contributed by atoms with Crippen molar-refractivity contribution >= 4 is 34.8 Å². The number of aliphatic carboxylic acids is 1. The van der Waals surface area contributed by atoms with E-state index in [1.807, 2.05) is 18.2 Å². The third-order valence-corrected chi connectivity index (χ3v) is 2.22. The molecule has 1 unspecified atom stereocenters. The van der Waals surface area contributed by atoms with Crippen LogP contribution in [0.2, 0.25) is 0 Å². The first-order valence-electron chi connectivity index (χ1n) is 5.11. The van der Waals surface area contributed by atoms with Crippen LogP contribution in [0.15, 0.2) is 30.3 Å². The van der Waals surface area contributed by atoms with E-state index >= 15 is 0 Å². The zero-order valence-electron chi connectivity index (χ0n) is 10.1. The van der Waals surface area contributed by atoms with Crippen LogP contribution in [0.1, 0.15) is 6.92 Å². The van der Waals surface area contributed by atoms with Gasteiger partial charge in [-0.3, -0.25) is 10.2 Å². The summed E-state index contributed by atoms with van der Waals surface area (Å²) in [5.41, 5.74) is 5.55. The number of hydrogen-bond donors (Lipinski definition) is 4. The molecular weight excluding hydrogens is 270 g/mol. The first-order valence-corrected chi connectivity index (χ1v) is 5.52. The van der Waals surface area contributed by atoms with E-state index in [9.17, 15) is 9.59 Å². The maximum Gasteiger partial charge on any atom is 0.330 e. The van der Waals surface area contributed by atoms with E-state index in [-0.39, 0.29) is 10.6 Å². The first kappa shape index (κ1) is 17.0. The number of Topliss-reactive ketones (excluding diaryl/α,β-unsaturated/α-hetero) is 1. The maximum atomic E-state index is 11.0. The van der Waals surface area contributed by atoms with Gasteiger partial charge in [0.05, 0.1) is 0 Å². The van der Waals surface area contributed by atoms with E-state index in [4.69, 9.17) is 17.3 Å². The van der Waals surface area contributed by atoms with Gasteiger partial charge in [0.1, 0.15) is 0 Å². The number of carbonyl (C=O) groups excluding carboxylic acids is 1. The molecule has 1 aromatic carbocycles. The van der Waals surface area contributed by atoms with Crippen molar-refractivity contribution in [1.82, 2.24) is 10.9 Å². The molecule has 1 aromatic rings. The van der Waals surface area contributed by atoms with E-state index in [0.29, 0.717) is 0 Å². The highest BCUT2D eigenvalue weighted by Crippen LogP contribution is 2.03. The molecule has 0 saturated carbocycles. The van der Waals surface area contributed by atoms with Crippen LogP contribution in [0.25, 0.3) is 0 Å². The van der Waals surface area contributed by atoms with Crippen LogP contribution in [0.3, 0.4) is 0 Å². The third-order valence-electron chi connectivity index (χ3n) is 2.02. The zero-order chi connectivity index (χ0) is 13.5. The molecule has 7 nitrogen and oxygen atoms in total. The van der Waals surface area contributed by atoms with Crippen LogP contribution in [-0.2, 0) is 9.59 Å². The van der Waals surface area contributed by atoms with E-state index in [0.717, 1.165) is 5.69 Å². The number of carboxylic acids is 1. The molecule has 1 rings (SSSR count). The average Bonchev–Trinajstić information content (AvgIpc) is 2.29. The quantitative estimate of drug-likeness (QED) is 0.332. The fourth-order valence-electron chi connectivity index (χ4n) is 1.16. The Hall–Kier alpha value is -2.03. The Bertz CT molecular complexity index is 439. The summed E-state index contributed by atoms with van der Waals surface area (Å²) in [6, 6.07) is 7.78. The molecule has 0 aliphatic carbocycles. The Kier molecular flexibility index (Phi) is 7.27. The van der Waals surface area contributed by atoms with Gasteiger partial charge in [0.25, 0.3) is 0 Å². The third kappa shape index (κ3) is 5.91. The molecule has 19 heavy (non-hydrogen) atoms. The SMILES string of the molecule is CC(=O)C(NNC(=S)Nc1ccccc1)C(=O)O.O. The van der Waals surface area contributed by atoms with E-state index in [1.54, 1.807) is 12.1 Å². The molecule has 8 heteroatoms. The van der Waals surface area contributed by atoms with Crippen LogP contribution >= 0.6 is 12.2 Å². The summed E-state index contributed by atoms with van der Waals surface area (Å²) in [6.45, 7) is 1.18. The first-order chi connectivity index (χ1) is 8.50. The number of rotatable bonds is 5. The minimum atomic E-state index is -1.33. The Morgan fingerprint density at radius 2 is 1.84 bits per heavy atom. The van der Waals surface area contributed by atoms with Crippen LogP contribution in [0.5, 0.6) is 0 Å². The van der Waals surface area contributed by atoms with Crippen molar-refractivity contribution in [2.24, 2.45) is 0 Å². The number of para-hydroxylation sites is 1. The maximum absolute atomic E-state index is 11.0. The van der Waals surface area contributed by atoms with Crippen molar-refractivity contribution in [3.8, 4) is 0 Å². The van der Waals surface area contributed by atoms with Crippen molar-refractivity contribution in [1.29, 1.82) is 0 Å². The van der Waals surface area contributed by atoms with Gasteiger partial charge in [0.2, 0.25) is 0 Å². The van der Waals surface area contributed by atoms with Crippen molar-refractivity contribution in [2.45, 2.75) is 13.0 Å². The number of thiocarbonyl (C=S) groups is 1. The molecule has 0 heterocycles. The van der Waals surface area contributed by atoms with Gasteiger partial charge in [-0.25, -0.2) is 10.2 Å². The second kappa shape index (κ2) is 8.14. The second-order valence-corrected chi connectivity index (χ2v) is 3.88. The van der Waals surface area contributed by atoms with Crippen molar-refractivity contribution in [2.75, 3.05) is 5.32 Å². The van der Waals surface area contributed by atoms with Gasteiger partial charge in [-0.05, 0) is 31.3 Å². The molecule has 0 spiro atoms.